The Morgan fingerprint density at radius 3 is 2.59 bits per heavy atom. The van der Waals surface area contributed by atoms with Crippen LogP contribution >= 0.6 is 11.8 Å². The van der Waals surface area contributed by atoms with Gasteiger partial charge in [0.15, 0.2) is 0 Å². The van der Waals surface area contributed by atoms with Crippen LogP contribution in [-0.2, 0) is 0 Å². The maximum Gasteiger partial charge on any atom is 0.272 e. The minimum Gasteiger partial charge on any atom is -0.341 e. The molecule has 2 aromatic heterocycles. The van der Waals surface area contributed by atoms with E-state index >= 15 is 0 Å². The molecule has 7 heteroatoms. The number of rotatable bonds is 6. The highest BCUT2D eigenvalue weighted by atomic mass is 32.2. The topological polar surface area (TPSA) is 83.6 Å². The molecule has 4 rings (SSSR count). The lowest BCUT2D eigenvalue weighted by Crippen LogP contribution is -2.30. The van der Waals surface area contributed by atoms with Gasteiger partial charge in [-0.15, -0.1) is 0 Å². The molecule has 2 heterocycles. The number of aromatic nitrogens is 4. The summed E-state index contributed by atoms with van der Waals surface area (Å²) in [6.45, 7) is 0. The van der Waals surface area contributed by atoms with Crippen LogP contribution in [0.5, 0.6) is 0 Å². The van der Waals surface area contributed by atoms with E-state index in [1.54, 1.807) is 11.8 Å². The van der Waals surface area contributed by atoms with Crippen molar-refractivity contribution in [2.75, 3.05) is 12.0 Å². The van der Waals surface area contributed by atoms with E-state index in [9.17, 15) is 4.79 Å². The fourth-order valence-corrected chi connectivity index (χ4v) is 3.42. The van der Waals surface area contributed by atoms with E-state index in [-0.39, 0.29) is 11.9 Å². The SMILES string of the molecule is CSCCC(NC(=O)c1cnc2ccccc2n1)c1nc2ccccc2[nH]1. The minimum absolute atomic E-state index is 0.217. The second kappa shape index (κ2) is 7.75. The molecule has 0 aliphatic rings. The lowest BCUT2D eigenvalue weighted by atomic mass is 10.2. The van der Waals surface area contributed by atoms with Gasteiger partial charge in [0, 0.05) is 0 Å². The number of H-pyrrole nitrogens is 1. The second-order valence-electron chi connectivity index (χ2n) is 6.19. The van der Waals surface area contributed by atoms with Crippen molar-refractivity contribution in [1.82, 2.24) is 25.3 Å². The van der Waals surface area contributed by atoms with Gasteiger partial charge in [0.05, 0.1) is 34.3 Å². The zero-order chi connectivity index (χ0) is 18.6. The third-order valence-electron chi connectivity index (χ3n) is 4.33. The maximum absolute atomic E-state index is 12.8. The summed E-state index contributed by atoms with van der Waals surface area (Å²) in [5.74, 6) is 1.41. The molecule has 0 aliphatic carbocycles. The van der Waals surface area contributed by atoms with Crippen molar-refractivity contribution in [1.29, 1.82) is 0 Å². The Hall–Kier alpha value is -2.93. The third-order valence-corrected chi connectivity index (χ3v) is 4.98. The Labute approximate surface area is 160 Å². The lowest BCUT2D eigenvalue weighted by molar-refractivity contribution is 0.0929. The molecular weight excluding hydrogens is 358 g/mol. The quantitative estimate of drug-likeness (QED) is 0.535. The first-order valence-electron chi connectivity index (χ1n) is 8.71. The summed E-state index contributed by atoms with van der Waals surface area (Å²) >= 11 is 1.74. The van der Waals surface area contributed by atoms with Crippen LogP contribution < -0.4 is 5.32 Å². The van der Waals surface area contributed by atoms with E-state index in [0.717, 1.165) is 34.5 Å². The number of nitrogens with zero attached hydrogens (tertiary/aromatic N) is 3. The predicted molar refractivity (Wildman–Crippen MR) is 109 cm³/mol. The second-order valence-corrected chi connectivity index (χ2v) is 7.18. The number of benzene rings is 2. The van der Waals surface area contributed by atoms with Gasteiger partial charge in [0.2, 0.25) is 0 Å². The number of thioether (sulfide) groups is 1. The van der Waals surface area contributed by atoms with Gasteiger partial charge in [-0.2, -0.15) is 11.8 Å². The molecule has 2 N–H and O–H groups in total. The van der Waals surface area contributed by atoms with Gasteiger partial charge in [0.25, 0.3) is 5.91 Å². The summed E-state index contributed by atoms with van der Waals surface area (Å²) in [5.41, 5.74) is 3.63. The van der Waals surface area contributed by atoms with E-state index in [1.807, 2.05) is 54.8 Å². The molecule has 0 saturated carbocycles. The number of carbonyl (C=O) groups is 1. The molecular formula is C20H19N5OS. The average molecular weight is 377 g/mol. The molecule has 0 fully saturated rings. The largest absolute Gasteiger partial charge is 0.341 e. The van der Waals surface area contributed by atoms with Crippen molar-refractivity contribution in [3.8, 4) is 0 Å². The first-order chi connectivity index (χ1) is 13.2. The van der Waals surface area contributed by atoms with Crippen LogP contribution in [0, 0.1) is 0 Å². The number of nitrogens with one attached hydrogen (secondary N) is 2. The van der Waals surface area contributed by atoms with E-state index < -0.39 is 0 Å². The van der Waals surface area contributed by atoms with Crippen LogP contribution in [0.25, 0.3) is 22.1 Å². The fourth-order valence-electron chi connectivity index (χ4n) is 2.95. The van der Waals surface area contributed by atoms with E-state index in [0.29, 0.717) is 11.2 Å². The van der Waals surface area contributed by atoms with Crippen LogP contribution in [0.15, 0.2) is 54.7 Å². The van der Waals surface area contributed by atoms with Crippen LogP contribution in [0.3, 0.4) is 0 Å². The van der Waals surface area contributed by atoms with Crippen molar-refractivity contribution in [2.45, 2.75) is 12.5 Å². The van der Waals surface area contributed by atoms with E-state index in [1.165, 1.54) is 6.20 Å². The summed E-state index contributed by atoms with van der Waals surface area (Å²) in [7, 11) is 0. The average Bonchev–Trinajstić information content (AvgIpc) is 3.14. The Bertz CT molecular complexity index is 1060. The molecule has 2 aromatic carbocycles. The molecule has 0 bridgehead atoms. The molecule has 1 amide bonds. The molecule has 0 saturated heterocycles. The number of hydrogen-bond acceptors (Lipinski definition) is 5. The summed E-state index contributed by atoms with van der Waals surface area (Å²) in [4.78, 5) is 29.5. The maximum atomic E-state index is 12.8. The van der Waals surface area contributed by atoms with Crippen molar-refractivity contribution >= 4 is 39.7 Å². The Balaban J connectivity index is 1.60. The number of carbonyl (C=O) groups excluding carboxylic acids is 1. The summed E-state index contributed by atoms with van der Waals surface area (Å²) in [6, 6.07) is 15.1. The molecule has 0 spiro atoms. The Morgan fingerprint density at radius 1 is 1.07 bits per heavy atom. The Kier molecular flexibility index (Phi) is 5.02. The Morgan fingerprint density at radius 2 is 1.81 bits per heavy atom. The first-order valence-corrected chi connectivity index (χ1v) is 10.1. The molecule has 1 atom stereocenters. The summed E-state index contributed by atoms with van der Waals surface area (Å²) in [6.07, 6.45) is 4.34. The molecule has 27 heavy (non-hydrogen) atoms. The molecule has 4 aromatic rings. The van der Waals surface area contributed by atoms with Crippen molar-refractivity contribution < 1.29 is 4.79 Å². The molecule has 0 aliphatic heterocycles. The highest BCUT2D eigenvalue weighted by Crippen LogP contribution is 2.20. The van der Waals surface area contributed by atoms with Gasteiger partial charge >= 0.3 is 0 Å². The van der Waals surface area contributed by atoms with Crippen molar-refractivity contribution in [3.05, 3.63) is 66.2 Å². The number of para-hydroxylation sites is 4. The van der Waals surface area contributed by atoms with Gasteiger partial charge in [-0.05, 0) is 42.7 Å². The zero-order valence-corrected chi connectivity index (χ0v) is 15.7. The van der Waals surface area contributed by atoms with Crippen LogP contribution in [0.1, 0.15) is 28.8 Å². The van der Waals surface area contributed by atoms with Gasteiger partial charge in [0.1, 0.15) is 11.5 Å². The van der Waals surface area contributed by atoms with Crippen molar-refractivity contribution in [3.63, 3.8) is 0 Å². The number of fused-ring (bicyclic) bond motifs is 2. The standard InChI is InChI=1S/C20H19N5OS/c1-27-11-10-17(19-23-15-8-4-5-9-16(15)24-19)25-20(26)18-12-21-13-6-2-3-7-14(13)22-18/h2-9,12,17H,10-11H2,1H3,(H,23,24)(H,25,26). The highest BCUT2D eigenvalue weighted by Gasteiger charge is 2.20. The van der Waals surface area contributed by atoms with Crippen LogP contribution in [-0.4, -0.2) is 37.9 Å². The van der Waals surface area contributed by atoms with Gasteiger partial charge < -0.3 is 10.3 Å². The molecule has 0 radical (unpaired) electrons. The summed E-state index contributed by atoms with van der Waals surface area (Å²) < 4.78 is 0. The lowest BCUT2D eigenvalue weighted by Gasteiger charge is -2.16. The zero-order valence-electron chi connectivity index (χ0n) is 14.8. The van der Waals surface area contributed by atoms with Crippen LogP contribution in [0.4, 0.5) is 0 Å². The fraction of sp³-hybridized carbons (Fsp3) is 0.200. The number of amides is 1. The molecule has 6 nitrogen and oxygen atoms in total. The molecule has 136 valence electrons. The summed E-state index contributed by atoms with van der Waals surface area (Å²) in [5, 5.41) is 3.06. The van der Waals surface area contributed by atoms with Crippen molar-refractivity contribution in [2.24, 2.45) is 0 Å². The smallest absolute Gasteiger partial charge is 0.272 e. The monoisotopic (exact) mass is 377 g/mol. The van der Waals surface area contributed by atoms with Gasteiger partial charge in [-0.1, -0.05) is 24.3 Å². The number of imidazole rings is 1. The highest BCUT2D eigenvalue weighted by molar-refractivity contribution is 7.98. The minimum atomic E-state index is -0.250. The normalized spacial score (nSPS) is 12.3. The van der Waals surface area contributed by atoms with Crippen LogP contribution in [0.2, 0.25) is 0 Å². The van der Waals surface area contributed by atoms with Gasteiger partial charge in [-0.25, -0.2) is 9.97 Å². The number of hydrogen-bond donors (Lipinski definition) is 2. The van der Waals surface area contributed by atoms with Gasteiger partial charge in [-0.3, -0.25) is 9.78 Å². The number of aromatic amines is 1. The molecule has 1 unspecified atom stereocenters. The van der Waals surface area contributed by atoms with E-state index in [2.05, 4.69) is 25.3 Å². The van der Waals surface area contributed by atoms with E-state index in [4.69, 9.17) is 0 Å². The first kappa shape index (κ1) is 17.5. The third kappa shape index (κ3) is 3.78. The predicted octanol–water partition coefficient (Wildman–Crippen LogP) is 3.73.